The molecule has 0 saturated carbocycles. The zero-order valence-corrected chi connectivity index (χ0v) is 14.4. The van der Waals surface area contributed by atoms with E-state index in [9.17, 15) is 13.2 Å². The maximum Gasteiger partial charge on any atom is 0.451 e. The Balaban J connectivity index is 1.86. The van der Waals surface area contributed by atoms with Crippen molar-refractivity contribution in [2.45, 2.75) is 26.1 Å². The minimum atomic E-state index is -4.50. The number of halogens is 3. The van der Waals surface area contributed by atoms with Crippen LogP contribution < -0.4 is 0 Å². The highest BCUT2D eigenvalue weighted by Crippen LogP contribution is 2.26. The number of rotatable bonds is 7. The fourth-order valence-corrected chi connectivity index (χ4v) is 3.07. The Morgan fingerprint density at radius 2 is 2.17 bits per heavy atom. The predicted molar refractivity (Wildman–Crippen MR) is 84.5 cm³/mol. The fourth-order valence-electron chi connectivity index (χ4n) is 3.07. The van der Waals surface area contributed by atoms with Gasteiger partial charge in [0.15, 0.2) is 0 Å². The minimum Gasteiger partial charge on any atom is -0.383 e. The van der Waals surface area contributed by atoms with Crippen LogP contribution in [0.4, 0.5) is 13.2 Å². The highest BCUT2D eigenvalue weighted by molar-refractivity contribution is 5.16. The van der Waals surface area contributed by atoms with Gasteiger partial charge in [-0.05, 0) is 32.9 Å². The molecule has 1 atom stereocenters. The third kappa shape index (κ3) is 5.39. The molecular weight excluding hydrogens is 321 g/mol. The number of likely N-dealkylation sites (tertiary alicyclic amines) is 1. The molecule has 0 spiro atoms. The molecule has 0 radical (unpaired) electrons. The molecule has 1 aliphatic heterocycles. The van der Waals surface area contributed by atoms with E-state index in [1.165, 1.54) is 6.20 Å². The Morgan fingerprint density at radius 3 is 2.79 bits per heavy atom. The largest absolute Gasteiger partial charge is 0.451 e. The second-order valence-electron chi connectivity index (χ2n) is 6.45. The molecule has 0 bridgehead atoms. The molecule has 1 aliphatic rings. The number of methoxy groups -OCH3 is 1. The van der Waals surface area contributed by atoms with E-state index in [2.05, 4.69) is 19.8 Å². The Kier molecular flexibility index (Phi) is 6.54. The molecule has 0 N–H and O–H groups in total. The van der Waals surface area contributed by atoms with Crippen molar-refractivity contribution in [2.24, 2.45) is 5.92 Å². The van der Waals surface area contributed by atoms with Gasteiger partial charge >= 0.3 is 6.18 Å². The Bertz CT molecular complexity index is 539. The van der Waals surface area contributed by atoms with E-state index in [0.29, 0.717) is 18.2 Å². The second kappa shape index (κ2) is 8.22. The van der Waals surface area contributed by atoms with Gasteiger partial charge in [-0.1, -0.05) is 0 Å². The van der Waals surface area contributed by atoms with Gasteiger partial charge in [0, 0.05) is 50.7 Å². The standard InChI is InChI=1S/C16H25F3N4O/c1-12-14(8-20-15(21-12)16(17,18)19)11-22(2)9-13-4-5-23(10-13)6-7-24-3/h8,13H,4-7,9-11H2,1-3H3/t13-/m1/s1. The summed E-state index contributed by atoms with van der Waals surface area (Å²) in [6.07, 6.45) is -2.07. The Morgan fingerprint density at radius 1 is 1.42 bits per heavy atom. The number of hydrogen-bond acceptors (Lipinski definition) is 5. The maximum atomic E-state index is 12.6. The molecule has 0 aliphatic carbocycles. The Labute approximate surface area is 140 Å². The molecular formula is C16H25F3N4O. The van der Waals surface area contributed by atoms with Crippen LogP contribution in [0.25, 0.3) is 0 Å². The van der Waals surface area contributed by atoms with Crippen molar-refractivity contribution in [1.82, 2.24) is 19.8 Å². The summed E-state index contributed by atoms with van der Waals surface area (Å²) >= 11 is 0. The van der Waals surface area contributed by atoms with E-state index < -0.39 is 12.0 Å². The summed E-state index contributed by atoms with van der Waals surface area (Å²) in [6.45, 7) is 6.86. The third-order valence-electron chi connectivity index (χ3n) is 4.33. The van der Waals surface area contributed by atoms with Gasteiger partial charge < -0.3 is 14.5 Å². The van der Waals surface area contributed by atoms with Gasteiger partial charge in [0.1, 0.15) is 0 Å². The van der Waals surface area contributed by atoms with Crippen LogP contribution in [0.5, 0.6) is 0 Å². The number of alkyl halides is 3. The van der Waals surface area contributed by atoms with E-state index in [0.717, 1.165) is 44.8 Å². The molecule has 8 heteroatoms. The van der Waals surface area contributed by atoms with Crippen LogP contribution in [0.1, 0.15) is 23.5 Å². The van der Waals surface area contributed by atoms with Gasteiger partial charge in [-0.2, -0.15) is 13.2 Å². The van der Waals surface area contributed by atoms with Crippen LogP contribution in [0, 0.1) is 12.8 Å². The molecule has 24 heavy (non-hydrogen) atoms. The van der Waals surface area contributed by atoms with Gasteiger partial charge in [-0.3, -0.25) is 0 Å². The van der Waals surface area contributed by atoms with Crippen molar-refractivity contribution >= 4 is 0 Å². The average molecular weight is 346 g/mol. The zero-order chi connectivity index (χ0) is 17.7. The monoisotopic (exact) mass is 346 g/mol. The normalized spacial score (nSPS) is 19.4. The highest BCUT2D eigenvalue weighted by atomic mass is 19.4. The molecule has 1 aromatic heterocycles. The molecule has 0 aromatic carbocycles. The zero-order valence-electron chi connectivity index (χ0n) is 14.4. The van der Waals surface area contributed by atoms with Crippen LogP contribution in [-0.4, -0.2) is 66.7 Å². The lowest BCUT2D eigenvalue weighted by molar-refractivity contribution is -0.145. The number of aryl methyl sites for hydroxylation is 1. The van der Waals surface area contributed by atoms with Crippen molar-refractivity contribution in [3.63, 3.8) is 0 Å². The molecule has 1 saturated heterocycles. The second-order valence-corrected chi connectivity index (χ2v) is 6.45. The van der Waals surface area contributed by atoms with Crippen molar-refractivity contribution in [3.05, 3.63) is 23.3 Å². The predicted octanol–water partition coefficient (Wildman–Crippen LogP) is 2.20. The van der Waals surface area contributed by atoms with Crippen molar-refractivity contribution < 1.29 is 17.9 Å². The first-order valence-corrected chi connectivity index (χ1v) is 8.09. The van der Waals surface area contributed by atoms with Crippen LogP contribution >= 0.6 is 0 Å². The van der Waals surface area contributed by atoms with Crippen LogP contribution in [-0.2, 0) is 17.5 Å². The molecule has 5 nitrogen and oxygen atoms in total. The van der Waals surface area contributed by atoms with E-state index in [1.807, 2.05) is 7.05 Å². The van der Waals surface area contributed by atoms with Crippen LogP contribution in [0.2, 0.25) is 0 Å². The van der Waals surface area contributed by atoms with Crippen molar-refractivity contribution in [2.75, 3.05) is 46.9 Å². The number of nitrogens with zero attached hydrogens (tertiary/aromatic N) is 4. The van der Waals surface area contributed by atoms with E-state index in [4.69, 9.17) is 4.74 Å². The van der Waals surface area contributed by atoms with Crippen molar-refractivity contribution in [3.8, 4) is 0 Å². The summed E-state index contributed by atoms with van der Waals surface area (Å²) in [6, 6.07) is 0. The van der Waals surface area contributed by atoms with Crippen LogP contribution in [0.3, 0.4) is 0 Å². The summed E-state index contributed by atoms with van der Waals surface area (Å²) in [5.74, 6) is -0.501. The van der Waals surface area contributed by atoms with Gasteiger partial charge in [-0.15, -0.1) is 0 Å². The molecule has 1 aromatic rings. The molecule has 0 unspecified atom stereocenters. The summed E-state index contributed by atoms with van der Waals surface area (Å²) < 4.78 is 42.9. The van der Waals surface area contributed by atoms with Crippen LogP contribution in [0.15, 0.2) is 6.20 Å². The topological polar surface area (TPSA) is 41.5 Å². The molecule has 1 fully saturated rings. The SMILES string of the molecule is COCCN1CC[C@H](CN(C)Cc2cnc(C(F)(F)F)nc2C)C1. The van der Waals surface area contributed by atoms with Gasteiger partial charge in [-0.25, -0.2) is 9.97 Å². The molecule has 136 valence electrons. The lowest BCUT2D eigenvalue weighted by Crippen LogP contribution is -2.29. The quantitative estimate of drug-likeness (QED) is 0.757. The first-order chi connectivity index (χ1) is 11.3. The number of hydrogen-bond donors (Lipinski definition) is 0. The first kappa shape index (κ1) is 19.1. The van der Waals surface area contributed by atoms with E-state index in [1.54, 1.807) is 14.0 Å². The summed E-state index contributed by atoms with van der Waals surface area (Å²) in [4.78, 5) is 11.6. The van der Waals surface area contributed by atoms with Gasteiger partial charge in [0.25, 0.3) is 0 Å². The fraction of sp³-hybridized carbons (Fsp3) is 0.750. The summed E-state index contributed by atoms with van der Waals surface area (Å²) in [5, 5.41) is 0. The molecule has 2 rings (SSSR count). The lowest BCUT2D eigenvalue weighted by Gasteiger charge is -2.22. The molecule has 0 amide bonds. The van der Waals surface area contributed by atoms with Gasteiger partial charge in [0.2, 0.25) is 5.82 Å². The lowest BCUT2D eigenvalue weighted by atomic mass is 10.1. The maximum absolute atomic E-state index is 12.6. The minimum absolute atomic E-state index is 0.386. The highest BCUT2D eigenvalue weighted by Gasteiger charge is 2.34. The third-order valence-corrected chi connectivity index (χ3v) is 4.33. The summed E-state index contributed by atoms with van der Waals surface area (Å²) in [5.41, 5.74) is 1.12. The smallest absolute Gasteiger partial charge is 0.383 e. The summed E-state index contributed by atoms with van der Waals surface area (Å²) in [7, 11) is 3.69. The Hall–Kier alpha value is -1.25. The van der Waals surface area contributed by atoms with Crippen molar-refractivity contribution in [1.29, 1.82) is 0 Å². The van der Waals surface area contributed by atoms with E-state index >= 15 is 0 Å². The number of ether oxygens (including phenoxy) is 1. The molecule has 2 heterocycles. The average Bonchev–Trinajstić information content (AvgIpc) is 2.93. The number of aromatic nitrogens is 2. The van der Waals surface area contributed by atoms with Gasteiger partial charge in [0.05, 0.1) is 6.61 Å². The van der Waals surface area contributed by atoms with E-state index in [-0.39, 0.29) is 0 Å². The first-order valence-electron chi connectivity index (χ1n) is 8.09.